The molecular formula is C11H20N4O. The Hall–Kier alpha value is -1.17. The standard InChI is InChI=1S/C11H20N4O/c1-2-6-15(7-8-16)9-10-4-3-5-11(13-10)14-12/h3-5,16H,2,6-9,12H2,1H3,(H,13,14). The number of nitrogens with one attached hydrogen (secondary N) is 1. The van der Waals surface area contributed by atoms with E-state index in [1.165, 1.54) is 0 Å². The van der Waals surface area contributed by atoms with Crippen molar-refractivity contribution in [2.24, 2.45) is 5.84 Å². The predicted octanol–water partition coefficient (Wildman–Crippen LogP) is 0.572. The largest absolute Gasteiger partial charge is 0.395 e. The first-order valence-electron chi connectivity index (χ1n) is 5.56. The number of aliphatic hydroxyl groups is 1. The summed E-state index contributed by atoms with van der Waals surface area (Å²) in [7, 11) is 0. The molecule has 0 unspecified atom stereocenters. The Kier molecular flexibility index (Phi) is 5.77. The number of aromatic nitrogens is 1. The second-order valence-corrected chi connectivity index (χ2v) is 3.66. The molecule has 0 atom stereocenters. The van der Waals surface area contributed by atoms with Crippen LogP contribution in [0.2, 0.25) is 0 Å². The lowest BCUT2D eigenvalue weighted by molar-refractivity contribution is 0.189. The fourth-order valence-corrected chi connectivity index (χ4v) is 1.60. The van der Waals surface area contributed by atoms with Gasteiger partial charge in [-0.05, 0) is 25.1 Å². The van der Waals surface area contributed by atoms with Gasteiger partial charge in [0.2, 0.25) is 0 Å². The SMILES string of the molecule is CCCN(CCO)Cc1cccc(NN)n1. The van der Waals surface area contributed by atoms with Crippen LogP contribution in [0.5, 0.6) is 0 Å². The van der Waals surface area contributed by atoms with Crippen LogP contribution in [0.25, 0.3) is 0 Å². The summed E-state index contributed by atoms with van der Waals surface area (Å²) in [5.41, 5.74) is 3.48. The van der Waals surface area contributed by atoms with Crippen molar-refractivity contribution in [3.8, 4) is 0 Å². The van der Waals surface area contributed by atoms with Gasteiger partial charge < -0.3 is 10.5 Å². The predicted molar refractivity (Wildman–Crippen MR) is 64.7 cm³/mol. The highest BCUT2D eigenvalue weighted by molar-refractivity contribution is 5.33. The molecule has 1 aromatic heterocycles. The molecule has 0 saturated heterocycles. The van der Waals surface area contributed by atoms with Crippen LogP contribution in [0.1, 0.15) is 19.0 Å². The average molecular weight is 224 g/mol. The molecule has 0 saturated carbocycles. The van der Waals surface area contributed by atoms with E-state index in [0.29, 0.717) is 12.4 Å². The van der Waals surface area contributed by atoms with Gasteiger partial charge in [-0.15, -0.1) is 0 Å². The molecule has 1 aromatic rings. The van der Waals surface area contributed by atoms with Crippen LogP contribution >= 0.6 is 0 Å². The lowest BCUT2D eigenvalue weighted by atomic mass is 10.3. The van der Waals surface area contributed by atoms with Crippen molar-refractivity contribution in [2.45, 2.75) is 19.9 Å². The zero-order valence-corrected chi connectivity index (χ0v) is 9.69. The third-order valence-corrected chi connectivity index (χ3v) is 2.30. The van der Waals surface area contributed by atoms with Crippen molar-refractivity contribution < 1.29 is 5.11 Å². The van der Waals surface area contributed by atoms with E-state index in [-0.39, 0.29) is 6.61 Å². The molecule has 1 heterocycles. The summed E-state index contributed by atoms with van der Waals surface area (Å²) in [6, 6.07) is 5.70. The normalized spacial score (nSPS) is 10.8. The van der Waals surface area contributed by atoms with Gasteiger partial charge in [0.05, 0.1) is 12.3 Å². The topological polar surface area (TPSA) is 74.4 Å². The zero-order chi connectivity index (χ0) is 11.8. The van der Waals surface area contributed by atoms with Crippen LogP contribution in [-0.4, -0.2) is 34.7 Å². The Morgan fingerprint density at radius 3 is 2.88 bits per heavy atom. The van der Waals surface area contributed by atoms with Gasteiger partial charge in [0.15, 0.2) is 0 Å². The Morgan fingerprint density at radius 1 is 1.44 bits per heavy atom. The molecule has 0 radical (unpaired) electrons. The molecule has 1 rings (SSSR count). The summed E-state index contributed by atoms with van der Waals surface area (Å²) >= 11 is 0. The minimum absolute atomic E-state index is 0.175. The molecule has 0 aliphatic carbocycles. The number of rotatable bonds is 7. The maximum atomic E-state index is 8.95. The summed E-state index contributed by atoms with van der Waals surface area (Å²) < 4.78 is 0. The molecule has 0 aromatic carbocycles. The number of anilines is 1. The minimum atomic E-state index is 0.175. The maximum absolute atomic E-state index is 8.95. The van der Waals surface area contributed by atoms with Crippen LogP contribution in [0.4, 0.5) is 5.82 Å². The number of nitrogen functional groups attached to an aromatic ring is 1. The highest BCUT2D eigenvalue weighted by Crippen LogP contribution is 2.06. The minimum Gasteiger partial charge on any atom is -0.395 e. The van der Waals surface area contributed by atoms with Gasteiger partial charge in [0.1, 0.15) is 5.82 Å². The molecule has 0 spiro atoms. The van der Waals surface area contributed by atoms with Crippen molar-refractivity contribution >= 4 is 5.82 Å². The fourth-order valence-electron chi connectivity index (χ4n) is 1.60. The molecule has 0 amide bonds. The summed E-state index contributed by atoms with van der Waals surface area (Å²) in [4.78, 5) is 6.51. The molecule has 0 fully saturated rings. The number of hydrazine groups is 1. The number of aliphatic hydroxyl groups excluding tert-OH is 1. The van der Waals surface area contributed by atoms with Gasteiger partial charge in [-0.1, -0.05) is 13.0 Å². The fraction of sp³-hybridized carbons (Fsp3) is 0.545. The first kappa shape index (κ1) is 12.9. The smallest absolute Gasteiger partial charge is 0.140 e. The third kappa shape index (κ3) is 4.14. The zero-order valence-electron chi connectivity index (χ0n) is 9.69. The molecule has 0 aliphatic rings. The molecule has 0 aliphatic heterocycles. The van der Waals surface area contributed by atoms with Gasteiger partial charge in [0, 0.05) is 13.1 Å². The molecular weight excluding hydrogens is 204 g/mol. The number of hydrogen-bond acceptors (Lipinski definition) is 5. The van der Waals surface area contributed by atoms with Crippen molar-refractivity contribution in [1.29, 1.82) is 0 Å². The number of hydrogen-bond donors (Lipinski definition) is 3. The molecule has 16 heavy (non-hydrogen) atoms. The van der Waals surface area contributed by atoms with E-state index < -0.39 is 0 Å². The van der Waals surface area contributed by atoms with Gasteiger partial charge in [-0.25, -0.2) is 10.8 Å². The molecule has 5 heteroatoms. The highest BCUT2D eigenvalue weighted by atomic mass is 16.3. The lowest BCUT2D eigenvalue weighted by Gasteiger charge is -2.20. The van der Waals surface area contributed by atoms with E-state index in [9.17, 15) is 0 Å². The molecule has 5 nitrogen and oxygen atoms in total. The van der Waals surface area contributed by atoms with E-state index in [1.54, 1.807) is 0 Å². The lowest BCUT2D eigenvalue weighted by Crippen LogP contribution is -2.27. The Bertz CT molecular complexity index is 300. The molecule has 0 bridgehead atoms. The Labute approximate surface area is 96.3 Å². The molecule has 90 valence electrons. The highest BCUT2D eigenvalue weighted by Gasteiger charge is 2.05. The Morgan fingerprint density at radius 2 is 2.25 bits per heavy atom. The average Bonchev–Trinajstić information content (AvgIpc) is 2.30. The first-order valence-corrected chi connectivity index (χ1v) is 5.56. The number of pyridine rings is 1. The van der Waals surface area contributed by atoms with Crippen LogP contribution in [0.3, 0.4) is 0 Å². The molecule has 4 N–H and O–H groups in total. The van der Waals surface area contributed by atoms with Crippen LogP contribution in [0, 0.1) is 0 Å². The van der Waals surface area contributed by atoms with Crippen molar-refractivity contribution in [3.63, 3.8) is 0 Å². The second-order valence-electron chi connectivity index (χ2n) is 3.66. The quantitative estimate of drug-likeness (QED) is 0.466. The Balaban J connectivity index is 2.60. The van der Waals surface area contributed by atoms with Crippen LogP contribution in [0.15, 0.2) is 18.2 Å². The second kappa shape index (κ2) is 7.16. The monoisotopic (exact) mass is 224 g/mol. The van der Waals surface area contributed by atoms with Crippen LogP contribution < -0.4 is 11.3 Å². The summed E-state index contributed by atoms with van der Waals surface area (Å²) in [6.45, 7) is 4.67. The van der Waals surface area contributed by atoms with E-state index in [1.807, 2.05) is 18.2 Å². The van der Waals surface area contributed by atoms with Crippen molar-refractivity contribution in [1.82, 2.24) is 9.88 Å². The maximum Gasteiger partial charge on any atom is 0.140 e. The summed E-state index contributed by atoms with van der Waals surface area (Å²) in [5, 5.41) is 8.95. The van der Waals surface area contributed by atoms with E-state index in [0.717, 1.165) is 25.2 Å². The van der Waals surface area contributed by atoms with E-state index in [4.69, 9.17) is 10.9 Å². The van der Waals surface area contributed by atoms with E-state index in [2.05, 4.69) is 22.2 Å². The van der Waals surface area contributed by atoms with Gasteiger partial charge in [-0.2, -0.15) is 0 Å². The summed E-state index contributed by atoms with van der Waals surface area (Å²) in [6.07, 6.45) is 1.06. The number of nitrogens with zero attached hydrogens (tertiary/aromatic N) is 2. The summed E-state index contributed by atoms with van der Waals surface area (Å²) in [5.74, 6) is 5.97. The first-order chi connectivity index (χ1) is 7.80. The van der Waals surface area contributed by atoms with Crippen LogP contribution in [-0.2, 0) is 6.54 Å². The number of nitrogens with two attached hydrogens (primary N) is 1. The van der Waals surface area contributed by atoms with Crippen molar-refractivity contribution in [3.05, 3.63) is 23.9 Å². The van der Waals surface area contributed by atoms with Gasteiger partial charge in [-0.3, -0.25) is 4.90 Å². The third-order valence-electron chi connectivity index (χ3n) is 2.30. The van der Waals surface area contributed by atoms with E-state index >= 15 is 0 Å². The van der Waals surface area contributed by atoms with Gasteiger partial charge in [0.25, 0.3) is 0 Å². The van der Waals surface area contributed by atoms with Crippen molar-refractivity contribution in [2.75, 3.05) is 25.1 Å². The van der Waals surface area contributed by atoms with Gasteiger partial charge >= 0.3 is 0 Å².